The van der Waals surface area contributed by atoms with E-state index in [1.807, 2.05) is 0 Å². The lowest BCUT2D eigenvalue weighted by molar-refractivity contribution is -0.137. The number of hydrogen-bond donors (Lipinski definition) is 0. The van der Waals surface area contributed by atoms with Crippen molar-refractivity contribution in [3.8, 4) is 5.69 Å². The Labute approximate surface area is 105 Å². The highest BCUT2D eigenvalue weighted by Gasteiger charge is 2.32. The van der Waals surface area contributed by atoms with Gasteiger partial charge in [0.25, 0.3) is 0 Å². The number of aromatic nitrogens is 1. The molecule has 1 aromatic carbocycles. The molecule has 1 nitrogen and oxygen atoms in total. The minimum atomic E-state index is -4.47. The molecule has 1 aromatic heterocycles. The molecule has 0 fully saturated rings. The van der Waals surface area contributed by atoms with Gasteiger partial charge >= 0.3 is 6.18 Å². The summed E-state index contributed by atoms with van der Waals surface area (Å²) in [5.41, 5.74) is -0.588. The van der Waals surface area contributed by atoms with E-state index in [1.165, 1.54) is 4.57 Å². The van der Waals surface area contributed by atoms with Gasteiger partial charge in [0.2, 0.25) is 0 Å². The first-order valence-corrected chi connectivity index (χ1v) is 5.27. The van der Waals surface area contributed by atoms with E-state index in [-0.39, 0.29) is 15.7 Å². The first kappa shape index (κ1) is 12.3. The molecule has 0 aliphatic rings. The number of halogens is 5. The third kappa shape index (κ3) is 2.42. The van der Waals surface area contributed by atoms with Gasteiger partial charge in [-0.1, -0.05) is 23.2 Å². The van der Waals surface area contributed by atoms with Crippen LogP contribution in [0.25, 0.3) is 5.69 Å². The van der Waals surface area contributed by atoms with Gasteiger partial charge in [-0.25, -0.2) is 0 Å². The average Bonchev–Trinajstić information content (AvgIpc) is 2.68. The van der Waals surface area contributed by atoms with Crippen molar-refractivity contribution in [3.05, 3.63) is 52.3 Å². The van der Waals surface area contributed by atoms with E-state index < -0.39 is 11.7 Å². The van der Waals surface area contributed by atoms with Crippen LogP contribution in [-0.2, 0) is 6.18 Å². The smallest absolute Gasteiger partial charge is 0.312 e. The molecule has 2 aromatic rings. The molecule has 6 heteroatoms. The Balaban J connectivity index is 2.58. The topological polar surface area (TPSA) is 4.93 Å². The van der Waals surface area contributed by atoms with Crippen molar-refractivity contribution in [2.75, 3.05) is 0 Å². The minimum Gasteiger partial charge on any atom is -0.312 e. The Morgan fingerprint density at radius 1 is 1.12 bits per heavy atom. The molecule has 0 amide bonds. The van der Waals surface area contributed by atoms with Crippen molar-refractivity contribution in [3.63, 3.8) is 0 Å². The zero-order valence-corrected chi connectivity index (χ0v) is 9.74. The molecule has 0 saturated carbocycles. The maximum atomic E-state index is 12.5. The van der Waals surface area contributed by atoms with Gasteiger partial charge in [0.15, 0.2) is 0 Å². The predicted octanol–water partition coefficient (Wildman–Crippen LogP) is 4.60. The molecule has 0 spiro atoms. The molecule has 1 radical (unpaired) electrons. The van der Waals surface area contributed by atoms with Crippen LogP contribution in [0.1, 0.15) is 5.56 Å². The molecule has 0 aliphatic heterocycles. The summed E-state index contributed by atoms with van der Waals surface area (Å²) >= 11 is 11.6. The van der Waals surface area contributed by atoms with Gasteiger partial charge in [-0.2, -0.15) is 13.2 Å². The van der Waals surface area contributed by atoms with Gasteiger partial charge in [0.05, 0.1) is 27.5 Å². The first-order chi connectivity index (χ1) is 7.89. The SMILES string of the molecule is FC(F)(F)c1cc(Cl)c(-n2[c]ccc2)c(Cl)c1. The number of nitrogens with zero attached hydrogens (tertiary/aromatic N) is 1. The Bertz CT molecular complexity index is 509. The average molecular weight is 279 g/mol. The summed E-state index contributed by atoms with van der Waals surface area (Å²) in [4.78, 5) is 0. The molecular weight excluding hydrogens is 274 g/mol. The van der Waals surface area contributed by atoms with E-state index in [2.05, 4.69) is 6.20 Å². The maximum Gasteiger partial charge on any atom is 0.416 e. The Morgan fingerprint density at radius 2 is 1.71 bits per heavy atom. The van der Waals surface area contributed by atoms with Crippen LogP contribution >= 0.6 is 23.2 Å². The van der Waals surface area contributed by atoms with Crippen molar-refractivity contribution in [2.24, 2.45) is 0 Å². The summed E-state index contributed by atoms with van der Waals surface area (Å²) < 4.78 is 38.9. The monoisotopic (exact) mass is 278 g/mol. The molecular formula is C11H5Cl2F3N. The van der Waals surface area contributed by atoms with E-state index in [0.717, 1.165) is 12.1 Å². The van der Waals surface area contributed by atoms with Crippen molar-refractivity contribution >= 4 is 23.2 Å². The fourth-order valence-electron chi connectivity index (χ4n) is 1.39. The van der Waals surface area contributed by atoms with E-state index in [1.54, 1.807) is 18.3 Å². The highest BCUT2D eigenvalue weighted by Crippen LogP contribution is 2.37. The van der Waals surface area contributed by atoms with Gasteiger partial charge < -0.3 is 4.57 Å². The lowest BCUT2D eigenvalue weighted by Gasteiger charge is -2.12. The maximum absolute atomic E-state index is 12.5. The van der Waals surface area contributed by atoms with Crippen LogP contribution in [0.15, 0.2) is 30.5 Å². The van der Waals surface area contributed by atoms with Crippen molar-refractivity contribution < 1.29 is 13.2 Å². The number of hydrogen-bond acceptors (Lipinski definition) is 0. The van der Waals surface area contributed by atoms with Crippen LogP contribution < -0.4 is 0 Å². The summed E-state index contributed by atoms with van der Waals surface area (Å²) in [6.45, 7) is 0. The van der Waals surface area contributed by atoms with Gasteiger partial charge in [-0.15, -0.1) is 0 Å². The second-order valence-corrected chi connectivity index (χ2v) is 4.11. The molecule has 1 heterocycles. The van der Waals surface area contributed by atoms with E-state index in [0.29, 0.717) is 0 Å². The fourth-order valence-corrected chi connectivity index (χ4v) is 2.06. The molecule has 17 heavy (non-hydrogen) atoms. The van der Waals surface area contributed by atoms with E-state index in [9.17, 15) is 13.2 Å². The van der Waals surface area contributed by atoms with Crippen LogP contribution in [0.5, 0.6) is 0 Å². The van der Waals surface area contributed by atoms with Crippen LogP contribution in [-0.4, -0.2) is 4.57 Å². The molecule has 0 unspecified atom stereocenters. The number of benzene rings is 1. The third-order valence-electron chi connectivity index (χ3n) is 2.13. The van der Waals surface area contributed by atoms with Crippen LogP contribution in [0.2, 0.25) is 10.0 Å². The van der Waals surface area contributed by atoms with Gasteiger partial charge in [-0.05, 0) is 24.3 Å². The molecule has 0 N–H and O–H groups in total. The van der Waals surface area contributed by atoms with Gasteiger partial charge in [0, 0.05) is 6.20 Å². The van der Waals surface area contributed by atoms with E-state index >= 15 is 0 Å². The zero-order valence-electron chi connectivity index (χ0n) is 8.22. The predicted molar refractivity (Wildman–Crippen MR) is 59.6 cm³/mol. The van der Waals surface area contributed by atoms with Gasteiger partial charge in [0.1, 0.15) is 0 Å². The normalized spacial score (nSPS) is 11.8. The van der Waals surface area contributed by atoms with Crippen LogP contribution in [0.3, 0.4) is 0 Å². The first-order valence-electron chi connectivity index (χ1n) is 4.51. The lowest BCUT2D eigenvalue weighted by atomic mass is 10.2. The lowest BCUT2D eigenvalue weighted by Crippen LogP contribution is -2.06. The quantitative estimate of drug-likeness (QED) is 0.718. The summed E-state index contributed by atoms with van der Waals surface area (Å²) in [6.07, 6.45) is -0.109. The highest BCUT2D eigenvalue weighted by molar-refractivity contribution is 6.37. The third-order valence-corrected chi connectivity index (χ3v) is 2.71. The van der Waals surface area contributed by atoms with Crippen molar-refractivity contribution in [2.45, 2.75) is 6.18 Å². The summed E-state index contributed by atoms with van der Waals surface area (Å²) in [5.74, 6) is 0. The second kappa shape index (κ2) is 4.27. The van der Waals surface area contributed by atoms with Gasteiger partial charge in [-0.3, -0.25) is 0 Å². The largest absolute Gasteiger partial charge is 0.416 e. The fraction of sp³-hybridized carbons (Fsp3) is 0.0909. The summed E-state index contributed by atoms with van der Waals surface area (Å²) in [7, 11) is 0. The summed E-state index contributed by atoms with van der Waals surface area (Å²) in [5, 5.41) is -0.144. The van der Waals surface area contributed by atoms with Crippen molar-refractivity contribution in [1.29, 1.82) is 0 Å². The molecule has 0 saturated heterocycles. The molecule has 0 aliphatic carbocycles. The number of alkyl halides is 3. The van der Waals surface area contributed by atoms with Crippen LogP contribution in [0, 0.1) is 6.20 Å². The number of rotatable bonds is 1. The Morgan fingerprint density at radius 3 is 2.12 bits per heavy atom. The Kier molecular flexibility index (Phi) is 3.10. The minimum absolute atomic E-state index is 0.0720. The molecule has 0 atom stereocenters. The Hall–Kier alpha value is -1.13. The molecule has 89 valence electrons. The molecule has 0 bridgehead atoms. The second-order valence-electron chi connectivity index (χ2n) is 3.29. The zero-order chi connectivity index (χ0) is 12.6. The molecule has 2 rings (SSSR count). The standard InChI is InChI=1S/C11H5Cl2F3N/c12-8-5-7(11(14,15)16)6-9(13)10(8)17-3-1-2-4-17/h1-3,5-6H. The van der Waals surface area contributed by atoms with Crippen molar-refractivity contribution in [1.82, 2.24) is 4.57 Å². The van der Waals surface area contributed by atoms with E-state index in [4.69, 9.17) is 23.2 Å². The summed E-state index contributed by atoms with van der Waals surface area (Å²) in [6, 6.07) is 4.96. The van der Waals surface area contributed by atoms with Crippen LogP contribution in [0.4, 0.5) is 13.2 Å². The highest BCUT2D eigenvalue weighted by atomic mass is 35.5.